The van der Waals surface area contributed by atoms with E-state index in [4.69, 9.17) is 10.7 Å². The second-order valence-corrected chi connectivity index (χ2v) is 10.1. The van der Waals surface area contributed by atoms with Gasteiger partial charge < -0.3 is 20.1 Å². The van der Waals surface area contributed by atoms with E-state index in [2.05, 4.69) is 4.98 Å². The number of fused-ring (bicyclic) bond motifs is 2. The van der Waals surface area contributed by atoms with Gasteiger partial charge in [-0.3, -0.25) is 4.79 Å². The topological polar surface area (TPSA) is 96.8 Å². The molecule has 1 unspecified atom stereocenters. The van der Waals surface area contributed by atoms with Gasteiger partial charge in [0.1, 0.15) is 29.1 Å². The number of anilines is 1. The molecule has 2 fully saturated rings. The molecular formula is C28H28FN5O2. The summed E-state index contributed by atoms with van der Waals surface area (Å²) in [6.07, 6.45) is 7.31. The summed E-state index contributed by atoms with van der Waals surface area (Å²) >= 11 is 0. The third-order valence-corrected chi connectivity index (χ3v) is 7.82. The number of carbonyl (C=O) groups is 1. The van der Waals surface area contributed by atoms with Crippen LogP contribution in [0.2, 0.25) is 0 Å². The average molecular weight is 486 g/mol. The van der Waals surface area contributed by atoms with E-state index in [0.29, 0.717) is 41.6 Å². The zero-order chi connectivity index (χ0) is 25.0. The molecule has 0 saturated carbocycles. The van der Waals surface area contributed by atoms with Gasteiger partial charge in [0.2, 0.25) is 5.91 Å². The molecule has 2 aromatic heterocycles. The van der Waals surface area contributed by atoms with Gasteiger partial charge in [0, 0.05) is 36.7 Å². The second kappa shape index (κ2) is 8.41. The van der Waals surface area contributed by atoms with Crippen molar-refractivity contribution in [2.45, 2.75) is 50.2 Å². The Labute approximate surface area is 208 Å². The normalized spacial score (nSPS) is 21.5. The quantitative estimate of drug-likeness (QED) is 0.451. The first-order valence-corrected chi connectivity index (χ1v) is 12.3. The van der Waals surface area contributed by atoms with Crippen molar-refractivity contribution < 1.29 is 14.3 Å². The number of rotatable bonds is 4. The molecule has 1 amide bonds. The van der Waals surface area contributed by atoms with E-state index < -0.39 is 5.60 Å². The lowest BCUT2D eigenvalue weighted by Gasteiger charge is -2.35. The number of nitrogens with two attached hydrogens (primary N) is 1. The number of aliphatic hydroxyl groups is 1. The number of aromatic nitrogens is 3. The monoisotopic (exact) mass is 485 g/mol. The third-order valence-electron chi connectivity index (χ3n) is 7.82. The number of hydrogen-bond acceptors (Lipinski definition) is 5. The summed E-state index contributed by atoms with van der Waals surface area (Å²) in [4.78, 5) is 23.6. The van der Waals surface area contributed by atoms with Crippen LogP contribution in [-0.2, 0) is 10.4 Å². The number of nitrogens with zero attached hydrogens (tertiary/aromatic N) is 4. The van der Waals surface area contributed by atoms with Crippen LogP contribution in [0.5, 0.6) is 0 Å². The lowest BCUT2D eigenvalue weighted by atomic mass is 9.87. The molecule has 0 radical (unpaired) electrons. The fourth-order valence-electron chi connectivity index (χ4n) is 5.69. The van der Waals surface area contributed by atoms with E-state index in [1.165, 1.54) is 12.1 Å². The number of imidazole rings is 1. The molecule has 3 N–H and O–H groups in total. The average Bonchev–Trinajstić information content (AvgIpc) is 3.48. The van der Waals surface area contributed by atoms with Gasteiger partial charge in [0.15, 0.2) is 0 Å². The van der Waals surface area contributed by atoms with Crippen LogP contribution in [0, 0.1) is 5.82 Å². The van der Waals surface area contributed by atoms with E-state index >= 15 is 0 Å². The summed E-state index contributed by atoms with van der Waals surface area (Å²) in [5.74, 6) is 0.458. The molecule has 2 aliphatic rings. The Kier molecular flexibility index (Phi) is 5.30. The van der Waals surface area contributed by atoms with Gasteiger partial charge >= 0.3 is 0 Å². The van der Waals surface area contributed by atoms with E-state index in [1.54, 1.807) is 25.4 Å². The lowest BCUT2D eigenvalue weighted by Crippen LogP contribution is -2.40. The van der Waals surface area contributed by atoms with Crippen molar-refractivity contribution in [3.63, 3.8) is 0 Å². The molecular weight excluding hydrogens is 457 g/mol. The summed E-state index contributed by atoms with van der Waals surface area (Å²) in [6, 6.07) is 13.7. The van der Waals surface area contributed by atoms with Gasteiger partial charge in [-0.2, -0.15) is 0 Å². The molecule has 6 rings (SSSR count). The Hall–Kier alpha value is -3.78. The van der Waals surface area contributed by atoms with Crippen LogP contribution < -0.4 is 5.73 Å². The fraction of sp³-hybridized carbons (Fsp3) is 0.321. The second-order valence-electron chi connectivity index (χ2n) is 10.1. The molecule has 2 aliphatic heterocycles. The van der Waals surface area contributed by atoms with Crippen molar-refractivity contribution in [1.82, 2.24) is 19.3 Å². The molecule has 0 bridgehead atoms. The van der Waals surface area contributed by atoms with Crippen LogP contribution in [0.4, 0.5) is 10.2 Å². The van der Waals surface area contributed by atoms with Gasteiger partial charge in [-0.1, -0.05) is 36.4 Å². The zero-order valence-electron chi connectivity index (χ0n) is 20.1. The van der Waals surface area contributed by atoms with Crippen LogP contribution in [0.1, 0.15) is 55.3 Å². The first-order valence-electron chi connectivity index (χ1n) is 12.3. The van der Waals surface area contributed by atoms with E-state index in [0.717, 1.165) is 36.0 Å². The molecule has 0 spiro atoms. The molecule has 8 heteroatoms. The highest BCUT2D eigenvalue weighted by Crippen LogP contribution is 2.37. The number of benzene rings is 2. The predicted molar refractivity (Wildman–Crippen MR) is 135 cm³/mol. The standard InChI is InChI=1S/C28H28FN5O2/c1-28(36,20-7-9-21(29)10-8-20)19-5-2-17(3-6-19)25-26-27(30)32-23(15-33(26)16-31-25)18-4-11-22-12-13-24(35)34(22)14-18/h2-3,5-10,15-16,18,22,36H,4,11-14H2,1H3,(H2,30,32)/t18-,22+,28?/m1/s1. The predicted octanol–water partition coefficient (Wildman–Crippen LogP) is 4.24. The number of nitrogen functional groups attached to an aromatic ring is 1. The Bertz CT molecular complexity index is 1450. The van der Waals surface area contributed by atoms with Crippen LogP contribution in [-0.4, -0.2) is 42.9 Å². The minimum atomic E-state index is -1.27. The smallest absolute Gasteiger partial charge is 0.222 e. The summed E-state index contributed by atoms with van der Waals surface area (Å²) in [6.45, 7) is 2.38. The summed E-state index contributed by atoms with van der Waals surface area (Å²) in [7, 11) is 0. The van der Waals surface area contributed by atoms with Crippen molar-refractivity contribution in [3.8, 4) is 11.3 Å². The number of carbonyl (C=O) groups excluding carboxylic acids is 1. The maximum absolute atomic E-state index is 13.3. The fourth-order valence-corrected chi connectivity index (χ4v) is 5.69. The van der Waals surface area contributed by atoms with Gasteiger partial charge in [0.25, 0.3) is 0 Å². The summed E-state index contributed by atoms with van der Waals surface area (Å²) < 4.78 is 15.2. The van der Waals surface area contributed by atoms with Gasteiger partial charge in [0.05, 0.1) is 11.4 Å². The number of piperidine rings is 1. The number of amides is 1. The largest absolute Gasteiger partial charge is 0.382 e. The first kappa shape index (κ1) is 22.7. The van der Waals surface area contributed by atoms with Crippen molar-refractivity contribution in [3.05, 3.63) is 83.7 Å². The van der Waals surface area contributed by atoms with Crippen LogP contribution >= 0.6 is 0 Å². The molecule has 2 saturated heterocycles. The van der Waals surface area contributed by atoms with E-state index in [1.807, 2.05) is 39.8 Å². The number of halogens is 1. The zero-order valence-corrected chi connectivity index (χ0v) is 20.1. The summed E-state index contributed by atoms with van der Waals surface area (Å²) in [5, 5.41) is 11.1. The van der Waals surface area contributed by atoms with Gasteiger partial charge in [-0.25, -0.2) is 14.4 Å². The lowest BCUT2D eigenvalue weighted by molar-refractivity contribution is -0.130. The Balaban J connectivity index is 1.29. The molecule has 184 valence electrons. The third kappa shape index (κ3) is 3.73. The van der Waals surface area contributed by atoms with Crippen molar-refractivity contribution in [2.24, 2.45) is 0 Å². The molecule has 36 heavy (non-hydrogen) atoms. The molecule has 7 nitrogen and oxygen atoms in total. The Morgan fingerprint density at radius 3 is 2.47 bits per heavy atom. The van der Waals surface area contributed by atoms with Crippen molar-refractivity contribution in [2.75, 3.05) is 12.3 Å². The highest BCUT2D eigenvalue weighted by Gasteiger charge is 2.37. The maximum Gasteiger partial charge on any atom is 0.222 e. The highest BCUT2D eigenvalue weighted by atomic mass is 19.1. The van der Waals surface area contributed by atoms with Gasteiger partial charge in [-0.15, -0.1) is 0 Å². The van der Waals surface area contributed by atoms with Crippen LogP contribution in [0.3, 0.4) is 0 Å². The molecule has 3 atom stereocenters. The SMILES string of the molecule is CC(O)(c1ccc(F)cc1)c1ccc(-c2ncn3cc([C@@H]4CC[C@H]5CCC(=O)N5C4)nc(N)c23)cc1. The van der Waals surface area contributed by atoms with Crippen LogP contribution in [0.25, 0.3) is 16.8 Å². The minimum absolute atomic E-state index is 0.161. The van der Waals surface area contributed by atoms with Gasteiger partial charge in [-0.05, 0) is 49.4 Å². The van der Waals surface area contributed by atoms with Crippen LogP contribution in [0.15, 0.2) is 61.1 Å². The van der Waals surface area contributed by atoms with E-state index in [-0.39, 0.29) is 17.6 Å². The highest BCUT2D eigenvalue weighted by molar-refractivity contribution is 5.85. The molecule has 2 aromatic carbocycles. The maximum atomic E-state index is 13.3. The first-order chi connectivity index (χ1) is 17.3. The molecule has 4 heterocycles. The number of hydrogen-bond donors (Lipinski definition) is 2. The molecule has 0 aliphatic carbocycles. The minimum Gasteiger partial charge on any atom is -0.382 e. The molecule has 4 aromatic rings. The van der Waals surface area contributed by atoms with Crippen molar-refractivity contribution in [1.29, 1.82) is 0 Å². The van der Waals surface area contributed by atoms with E-state index in [9.17, 15) is 14.3 Å². The Morgan fingerprint density at radius 1 is 1.06 bits per heavy atom. The Morgan fingerprint density at radius 2 is 1.75 bits per heavy atom. The van der Waals surface area contributed by atoms with Crippen molar-refractivity contribution >= 4 is 17.2 Å². The summed E-state index contributed by atoms with van der Waals surface area (Å²) in [5.41, 5.74) is 9.62.